The molecule has 0 saturated heterocycles. The highest BCUT2D eigenvalue weighted by Crippen LogP contribution is 2.19. The lowest BCUT2D eigenvalue weighted by atomic mass is 10.3. The molecule has 1 aromatic rings. The molecule has 1 amide bonds. The van der Waals surface area contributed by atoms with E-state index in [0.717, 1.165) is 19.4 Å². The number of hydrogen-bond acceptors (Lipinski definition) is 1. The highest BCUT2D eigenvalue weighted by atomic mass is 35.5. The van der Waals surface area contributed by atoms with Crippen LogP contribution in [0.15, 0.2) is 24.3 Å². The van der Waals surface area contributed by atoms with Gasteiger partial charge in [0.25, 0.3) is 5.91 Å². The second-order valence-electron chi connectivity index (χ2n) is 3.66. The minimum absolute atomic E-state index is 0. The summed E-state index contributed by atoms with van der Waals surface area (Å²) >= 11 is 5.93. The van der Waals surface area contributed by atoms with Crippen LogP contribution in [0.4, 0.5) is 5.69 Å². The van der Waals surface area contributed by atoms with E-state index < -0.39 is 0 Å². The van der Waals surface area contributed by atoms with Crippen molar-refractivity contribution in [3.05, 3.63) is 29.3 Å². The number of benzene rings is 1. The lowest BCUT2D eigenvalue weighted by Gasteiger charge is -2.05. The van der Waals surface area contributed by atoms with Gasteiger partial charge < -0.3 is 23.0 Å². The highest BCUT2D eigenvalue weighted by molar-refractivity contribution is 6.33. The summed E-state index contributed by atoms with van der Waals surface area (Å²) < 4.78 is 0. The van der Waals surface area contributed by atoms with E-state index >= 15 is 0 Å². The van der Waals surface area contributed by atoms with Crippen LogP contribution < -0.4 is 23.0 Å². The Labute approximate surface area is 113 Å². The van der Waals surface area contributed by atoms with Crippen LogP contribution in [0.2, 0.25) is 5.02 Å². The number of nitrogens with one attached hydrogen (secondary N) is 1. The van der Waals surface area contributed by atoms with Crippen molar-refractivity contribution in [3.63, 3.8) is 0 Å². The quantitative estimate of drug-likeness (QED) is 0.620. The molecule has 3 nitrogen and oxygen atoms in total. The van der Waals surface area contributed by atoms with Gasteiger partial charge in [-0.25, -0.2) is 0 Å². The first-order valence-electron chi connectivity index (χ1n) is 5.60. The maximum Gasteiger partial charge on any atom is 0.279 e. The van der Waals surface area contributed by atoms with Crippen molar-refractivity contribution in [2.75, 3.05) is 18.4 Å². The van der Waals surface area contributed by atoms with Crippen LogP contribution in [-0.4, -0.2) is 19.0 Å². The number of nitrogens with two attached hydrogens (primary N) is 1. The van der Waals surface area contributed by atoms with Gasteiger partial charge in [-0.05, 0) is 18.6 Å². The molecular formula is C12H18Cl2N2O. The topological polar surface area (TPSA) is 45.7 Å². The average molecular weight is 277 g/mol. The first-order chi connectivity index (χ1) is 7.74. The lowest BCUT2D eigenvalue weighted by Crippen LogP contribution is -3.00. The third-order valence-electron chi connectivity index (χ3n) is 2.24. The molecular weight excluding hydrogens is 259 g/mol. The minimum atomic E-state index is -0.01000. The molecule has 0 saturated carbocycles. The maximum atomic E-state index is 11.5. The van der Waals surface area contributed by atoms with Crippen molar-refractivity contribution in [1.29, 1.82) is 0 Å². The Kier molecular flexibility index (Phi) is 8.86. The van der Waals surface area contributed by atoms with Crippen molar-refractivity contribution >= 4 is 23.2 Å². The van der Waals surface area contributed by atoms with Gasteiger partial charge in [-0.1, -0.05) is 37.1 Å². The molecule has 1 rings (SSSR count). The molecule has 0 fully saturated rings. The van der Waals surface area contributed by atoms with Gasteiger partial charge in [0.2, 0.25) is 0 Å². The number of amides is 1. The first-order valence-corrected chi connectivity index (χ1v) is 5.98. The number of hydrogen-bond donors (Lipinski definition) is 2. The number of para-hydroxylation sites is 1. The zero-order valence-electron chi connectivity index (χ0n) is 9.88. The van der Waals surface area contributed by atoms with Crippen LogP contribution in [0.5, 0.6) is 0 Å². The average Bonchev–Trinajstić information content (AvgIpc) is 2.28. The van der Waals surface area contributed by atoms with Gasteiger partial charge >= 0.3 is 0 Å². The van der Waals surface area contributed by atoms with E-state index in [0.29, 0.717) is 17.3 Å². The Morgan fingerprint density at radius 2 is 2.12 bits per heavy atom. The van der Waals surface area contributed by atoms with Crippen LogP contribution in [0, 0.1) is 0 Å². The van der Waals surface area contributed by atoms with E-state index in [4.69, 9.17) is 11.6 Å². The molecule has 0 aliphatic rings. The standard InChI is InChI=1S/C12H17ClN2O.ClH/c1-2-3-8-14-9-12(16)15-11-7-5-4-6-10(11)13;/h4-7,14H,2-3,8-9H2,1H3,(H,15,16);1H. The van der Waals surface area contributed by atoms with Crippen LogP contribution in [0.3, 0.4) is 0 Å². The number of unbranched alkanes of at least 4 members (excludes halogenated alkanes) is 1. The zero-order valence-corrected chi connectivity index (χ0v) is 11.4. The summed E-state index contributed by atoms with van der Waals surface area (Å²) in [5.74, 6) is -0.01000. The Hall–Kier alpha value is -0.770. The smallest absolute Gasteiger partial charge is 0.279 e. The van der Waals surface area contributed by atoms with Gasteiger partial charge in [0.05, 0.1) is 17.3 Å². The monoisotopic (exact) mass is 276 g/mol. The van der Waals surface area contributed by atoms with Crippen molar-refractivity contribution in [3.8, 4) is 0 Å². The number of anilines is 1. The molecule has 0 atom stereocenters. The fraction of sp³-hybridized carbons (Fsp3) is 0.417. The molecule has 0 bridgehead atoms. The maximum absolute atomic E-state index is 11.5. The van der Waals surface area contributed by atoms with Crippen LogP contribution in [0.1, 0.15) is 19.8 Å². The lowest BCUT2D eigenvalue weighted by molar-refractivity contribution is -0.643. The number of carbonyl (C=O) groups excluding carboxylic acids is 1. The Morgan fingerprint density at radius 1 is 1.41 bits per heavy atom. The van der Waals surface area contributed by atoms with Gasteiger partial charge in [-0.2, -0.15) is 0 Å². The van der Waals surface area contributed by atoms with E-state index in [1.807, 2.05) is 17.4 Å². The molecule has 0 aromatic heterocycles. The van der Waals surface area contributed by atoms with E-state index in [-0.39, 0.29) is 18.3 Å². The summed E-state index contributed by atoms with van der Waals surface area (Å²) in [7, 11) is 0. The van der Waals surface area contributed by atoms with E-state index in [9.17, 15) is 4.79 Å². The number of rotatable bonds is 6. The summed E-state index contributed by atoms with van der Waals surface area (Å²) in [5, 5.41) is 5.37. The molecule has 0 radical (unpaired) electrons. The Bertz CT molecular complexity index is 345. The number of carbonyl (C=O) groups is 1. The van der Waals surface area contributed by atoms with Gasteiger partial charge in [0.1, 0.15) is 0 Å². The van der Waals surface area contributed by atoms with Gasteiger partial charge in [-0.3, -0.25) is 4.79 Å². The summed E-state index contributed by atoms with van der Waals surface area (Å²) in [6.45, 7) is 3.58. The van der Waals surface area contributed by atoms with Gasteiger partial charge in [0, 0.05) is 0 Å². The molecule has 0 aliphatic heterocycles. The third-order valence-corrected chi connectivity index (χ3v) is 2.57. The van der Waals surface area contributed by atoms with E-state index in [1.54, 1.807) is 12.1 Å². The predicted octanol–water partition coefficient (Wildman–Crippen LogP) is -1.35. The second-order valence-corrected chi connectivity index (χ2v) is 4.07. The largest absolute Gasteiger partial charge is 1.00 e. The summed E-state index contributed by atoms with van der Waals surface area (Å²) in [4.78, 5) is 11.5. The van der Waals surface area contributed by atoms with E-state index in [1.165, 1.54) is 0 Å². The summed E-state index contributed by atoms with van der Waals surface area (Å²) in [6, 6.07) is 7.25. The highest BCUT2D eigenvalue weighted by Gasteiger charge is 2.06. The van der Waals surface area contributed by atoms with Crippen molar-refractivity contribution in [1.82, 2.24) is 0 Å². The molecule has 0 aliphatic carbocycles. The predicted molar refractivity (Wildman–Crippen MR) is 66.6 cm³/mol. The molecule has 96 valence electrons. The molecule has 1 aromatic carbocycles. The second kappa shape index (κ2) is 9.28. The van der Waals surface area contributed by atoms with Crippen molar-refractivity contribution < 1.29 is 22.5 Å². The first kappa shape index (κ1) is 16.2. The number of quaternary nitrogens is 1. The molecule has 0 heterocycles. The molecule has 3 N–H and O–H groups in total. The van der Waals surface area contributed by atoms with Crippen LogP contribution in [-0.2, 0) is 4.79 Å². The third kappa shape index (κ3) is 6.51. The SMILES string of the molecule is CCCC[NH2+]CC(=O)Nc1ccccc1Cl.[Cl-]. The summed E-state index contributed by atoms with van der Waals surface area (Å²) in [6.07, 6.45) is 2.29. The summed E-state index contributed by atoms with van der Waals surface area (Å²) in [5.41, 5.74) is 0.679. The Balaban J connectivity index is 0.00000256. The van der Waals surface area contributed by atoms with Crippen molar-refractivity contribution in [2.24, 2.45) is 0 Å². The van der Waals surface area contributed by atoms with E-state index in [2.05, 4.69) is 12.2 Å². The van der Waals surface area contributed by atoms with Crippen molar-refractivity contribution in [2.45, 2.75) is 19.8 Å². The van der Waals surface area contributed by atoms with Crippen LogP contribution in [0.25, 0.3) is 0 Å². The van der Waals surface area contributed by atoms with Gasteiger partial charge in [-0.15, -0.1) is 0 Å². The number of halogens is 2. The van der Waals surface area contributed by atoms with Crippen LogP contribution >= 0.6 is 11.6 Å². The Morgan fingerprint density at radius 3 is 2.76 bits per heavy atom. The zero-order chi connectivity index (χ0) is 11.8. The minimum Gasteiger partial charge on any atom is -1.00 e. The fourth-order valence-electron chi connectivity index (χ4n) is 1.35. The molecule has 0 unspecified atom stereocenters. The fourth-order valence-corrected chi connectivity index (χ4v) is 1.53. The molecule has 17 heavy (non-hydrogen) atoms. The normalized spacial score (nSPS) is 9.53. The molecule has 5 heteroatoms. The molecule has 0 spiro atoms. The van der Waals surface area contributed by atoms with Gasteiger partial charge in [0.15, 0.2) is 6.54 Å².